The maximum atomic E-state index is 5.54. The van der Waals surface area contributed by atoms with Gasteiger partial charge in [0.2, 0.25) is 11.7 Å². The van der Waals surface area contributed by atoms with E-state index in [1.807, 2.05) is 42.5 Å². The van der Waals surface area contributed by atoms with Crippen molar-refractivity contribution in [3.05, 3.63) is 84.5 Å². The van der Waals surface area contributed by atoms with Crippen molar-refractivity contribution >= 4 is 16.7 Å². The Morgan fingerprint density at radius 1 is 0.800 bits per heavy atom. The number of para-hydroxylation sites is 1. The van der Waals surface area contributed by atoms with Crippen LogP contribution in [-0.4, -0.2) is 56.2 Å². The molecule has 4 heterocycles. The van der Waals surface area contributed by atoms with E-state index in [1.54, 1.807) is 12.4 Å². The first kappa shape index (κ1) is 21.4. The molecule has 1 fully saturated rings. The second-order valence-electron chi connectivity index (χ2n) is 8.77. The van der Waals surface area contributed by atoms with Crippen molar-refractivity contribution < 1.29 is 4.52 Å². The Balaban J connectivity index is 1.18. The molecule has 8 heteroatoms. The quantitative estimate of drug-likeness (QED) is 0.380. The van der Waals surface area contributed by atoms with Crippen LogP contribution >= 0.6 is 0 Å². The molecule has 35 heavy (non-hydrogen) atoms. The van der Waals surface area contributed by atoms with Gasteiger partial charge < -0.3 is 9.42 Å². The zero-order chi connectivity index (χ0) is 23.6. The molecule has 0 unspecified atom stereocenters. The molecular weight excluding hydrogens is 438 g/mol. The Kier molecular flexibility index (Phi) is 5.64. The zero-order valence-corrected chi connectivity index (χ0v) is 19.5. The summed E-state index contributed by atoms with van der Waals surface area (Å²) in [5.74, 6) is 2.94. The zero-order valence-electron chi connectivity index (χ0n) is 19.5. The monoisotopic (exact) mass is 463 g/mol. The van der Waals surface area contributed by atoms with E-state index in [9.17, 15) is 0 Å². The number of anilines is 1. The third-order valence-corrected chi connectivity index (χ3v) is 6.31. The largest absolute Gasteiger partial charge is 0.353 e. The highest BCUT2D eigenvalue weighted by Gasteiger charge is 2.23. The lowest BCUT2D eigenvalue weighted by molar-refractivity contribution is 0.215. The average molecular weight is 464 g/mol. The number of pyridine rings is 1. The van der Waals surface area contributed by atoms with E-state index in [1.165, 1.54) is 5.56 Å². The first-order valence-electron chi connectivity index (χ1n) is 11.8. The predicted molar refractivity (Wildman–Crippen MR) is 135 cm³/mol. The summed E-state index contributed by atoms with van der Waals surface area (Å²) in [6.45, 7) is 6.16. The van der Waals surface area contributed by atoms with Crippen LogP contribution in [0.4, 0.5) is 5.82 Å². The summed E-state index contributed by atoms with van der Waals surface area (Å²) in [4.78, 5) is 23.3. The molecule has 2 aromatic carbocycles. The minimum atomic E-state index is 0.633. The van der Waals surface area contributed by atoms with Gasteiger partial charge in [0.25, 0.3) is 0 Å². The van der Waals surface area contributed by atoms with Crippen molar-refractivity contribution in [2.24, 2.45) is 0 Å². The highest BCUT2D eigenvalue weighted by Crippen LogP contribution is 2.28. The number of benzene rings is 2. The Bertz CT molecular complexity index is 1440. The second kappa shape index (κ2) is 9.23. The van der Waals surface area contributed by atoms with Gasteiger partial charge in [0.1, 0.15) is 5.82 Å². The molecule has 0 N–H and O–H groups in total. The molecule has 5 aromatic rings. The van der Waals surface area contributed by atoms with Crippen LogP contribution in [0, 0.1) is 6.92 Å². The maximum Gasteiger partial charge on any atom is 0.241 e. The molecule has 0 atom stereocenters. The van der Waals surface area contributed by atoms with E-state index in [0.717, 1.165) is 54.0 Å². The molecule has 0 spiro atoms. The number of nitrogens with zero attached hydrogens (tertiary/aromatic N) is 7. The van der Waals surface area contributed by atoms with Crippen molar-refractivity contribution in [3.8, 4) is 22.8 Å². The van der Waals surface area contributed by atoms with Gasteiger partial charge in [-0.3, -0.25) is 9.88 Å². The van der Waals surface area contributed by atoms with Gasteiger partial charge in [-0.1, -0.05) is 47.1 Å². The lowest BCUT2D eigenvalue weighted by Crippen LogP contribution is -2.46. The van der Waals surface area contributed by atoms with Crippen LogP contribution in [0.2, 0.25) is 0 Å². The fourth-order valence-electron chi connectivity index (χ4n) is 4.37. The van der Waals surface area contributed by atoms with Gasteiger partial charge in [-0.2, -0.15) is 4.98 Å². The molecule has 0 saturated carbocycles. The summed E-state index contributed by atoms with van der Waals surface area (Å²) in [5, 5.41) is 5.23. The van der Waals surface area contributed by atoms with E-state index in [4.69, 9.17) is 14.5 Å². The summed E-state index contributed by atoms with van der Waals surface area (Å²) >= 11 is 0. The maximum absolute atomic E-state index is 5.54. The SMILES string of the molecule is Cc1ccc(-c2noc(CN3CCN(c4nc(-c5cccnc5)nc5ccccc45)CC3)n2)cc1. The highest BCUT2D eigenvalue weighted by atomic mass is 16.5. The highest BCUT2D eigenvalue weighted by molar-refractivity contribution is 5.91. The topological polar surface area (TPSA) is 84.1 Å². The summed E-state index contributed by atoms with van der Waals surface area (Å²) in [7, 11) is 0. The van der Waals surface area contributed by atoms with Gasteiger partial charge >= 0.3 is 0 Å². The smallest absolute Gasteiger partial charge is 0.241 e. The number of rotatable bonds is 5. The van der Waals surface area contributed by atoms with Crippen molar-refractivity contribution in [1.29, 1.82) is 0 Å². The fraction of sp³-hybridized carbons (Fsp3) is 0.222. The number of aromatic nitrogens is 5. The Hall–Kier alpha value is -4.17. The van der Waals surface area contributed by atoms with Crippen molar-refractivity contribution in [2.75, 3.05) is 31.1 Å². The van der Waals surface area contributed by atoms with Gasteiger partial charge in [-0.25, -0.2) is 9.97 Å². The van der Waals surface area contributed by atoms with E-state index in [-0.39, 0.29) is 0 Å². The third kappa shape index (κ3) is 4.48. The van der Waals surface area contributed by atoms with Gasteiger partial charge in [0.05, 0.1) is 12.1 Å². The number of hydrogen-bond donors (Lipinski definition) is 0. The standard InChI is InChI=1S/C27H25N7O/c1-19-8-10-20(11-9-19)26-30-24(35-32-26)18-33-13-15-34(16-14-33)27-22-6-2-3-7-23(22)29-25(31-27)21-5-4-12-28-17-21/h2-12,17H,13-16,18H2,1H3. The van der Waals surface area contributed by atoms with Gasteiger partial charge in [0.15, 0.2) is 5.82 Å². The van der Waals surface area contributed by atoms with E-state index in [0.29, 0.717) is 24.1 Å². The molecule has 0 bridgehead atoms. The van der Waals surface area contributed by atoms with Crippen LogP contribution in [0.15, 0.2) is 77.6 Å². The van der Waals surface area contributed by atoms with Crippen LogP contribution < -0.4 is 4.90 Å². The molecule has 0 radical (unpaired) electrons. The number of fused-ring (bicyclic) bond motifs is 1. The van der Waals surface area contributed by atoms with E-state index in [2.05, 4.69) is 50.0 Å². The lowest BCUT2D eigenvalue weighted by atomic mass is 10.1. The third-order valence-electron chi connectivity index (χ3n) is 6.31. The van der Waals surface area contributed by atoms with Crippen LogP contribution in [0.25, 0.3) is 33.7 Å². The minimum Gasteiger partial charge on any atom is -0.353 e. The molecule has 6 rings (SSSR count). The van der Waals surface area contributed by atoms with Crippen LogP contribution in [0.3, 0.4) is 0 Å². The van der Waals surface area contributed by atoms with Crippen LogP contribution in [0.1, 0.15) is 11.5 Å². The van der Waals surface area contributed by atoms with Crippen molar-refractivity contribution in [2.45, 2.75) is 13.5 Å². The molecule has 174 valence electrons. The number of hydrogen-bond acceptors (Lipinski definition) is 8. The molecule has 3 aromatic heterocycles. The Labute approximate surface area is 203 Å². The fourth-order valence-corrected chi connectivity index (χ4v) is 4.37. The minimum absolute atomic E-state index is 0.633. The molecule has 1 aliphatic rings. The number of aryl methyl sites for hydroxylation is 1. The van der Waals surface area contributed by atoms with E-state index < -0.39 is 0 Å². The first-order valence-corrected chi connectivity index (χ1v) is 11.8. The molecule has 0 amide bonds. The molecule has 1 saturated heterocycles. The molecular formula is C27H25N7O. The summed E-state index contributed by atoms with van der Waals surface area (Å²) in [6.07, 6.45) is 3.57. The predicted octanol–water partition coefficient (Wildman–Crippen LogP) is 4.37. The van der Waals surface area contributed by atoms with Gasteiger partial charge in [-0.05, 0) is 31.2 Å². The Morgan fingerprint density at radius 3 is 2.43 bits per heavy atom. The molecule has 8 nitrogen and oxygen atoms in total. The van der Waals surface area contributed by atoms with Crippen molar-refractivity contribution in [1.82, 2.24) is 30.0 Å². The summed E-state index contributed by atoms with van der Waals surface area (Å²) in [6, 6.07) is 20.2. The Morgan fingerprint density at radius 2 is 1.63 bits per heavy atom. The van der Waals surface area contributed by atoms with Crippen LogP contribution in [0.5, 0.6) is 0 Å². The van der Waals surface area contributed by atoms with Crippen LogP contribution in [-0.2, 0) is 6.54 Å². The summed E-state index contributed by atoms with van der Waals surface area (Å²) < 4.78 is 5.54. The summed E-state index contributed by atoms with van der Waals surface area (Å²) in [5.41, 5.74) is 4.03. The number of piperazine rings is 1. The average Bonchev–Trinajstić information content (AvgIpc) is 3.38. The first-order chi connectivity index (χ1) is 17.2. The van der Waals surface area contributed by atoms with Crippen molar-refractivity contribution in [3.63, 3.8) is 0 Å². The lowest BCUT2D eigenvalue weighted by Gasteiger charge is -2.35. The second-order valence-corrected chi connectivity index (χ2v) is 8.77. The normalized spacial score (nSPS) is 14.5. The molecule has 0 aliphatic carbocycles. The molecule has 1 aliphatic heterocycles. The van der Waals surface area contributed by atoms with Gasteiger partial charge in [0, 0.05) is 55.1 Å². The van der Waals surface area contributed by atoms with E-state index >= 15 is 0 Å². The van der Waals surface area contributed by atoms with Gasteiger partial charge in [-0.15, -0.1) is 0 Å².